The number of carbonyl (C=O) groups is 1. The molecule has 2 nitrogen and oxygen atoms in total. The molecule has 5 heteroatoms. The van der Waals surface area contributed by atoms with E-state index in [9.17, 15) is 13.6 Å². The molecule has 0 aliphatic rings. The van der Waals surface area contributed by atoms with Crippen molar-refractivity contribution in [1.29, 1.82) is 0 Å². The van der Waals surface area contributed by atoms with Gasteiger partial charge in [-0.15, -0.1) is 0 Å². The number of benzene rings is 1. The van der Waals surface area contributed by atoms with Crippen LogP contribution in [-0.4, -0.2) is 5.78 Å². The molecule has 2 aromatic rings. The van der Waals surface area contributed by atoms with Crippen molar-refractivity contribution in [3.63, 3.8) is 0 Å². The second kappa shape index (κ2) is 4.17. The van der Waals surface area contributed by atoms with Gasteiger partial charge in [-0.2, -0.15) is 0 Å². The highest BCUT2D eigenvalue weighted by Crippen LogP contribution is 2.24. The third kappa shape index (κ3) is 1.78. The number of rotatable bonds is 2. The number of halogens is 3. The lowest BCUT2D eigenvalue weighted by Crippen LogP contribution is -2.07. The largest absolute Gasteiger partial charge is 0.461 e. The molecule has 1 aromatic carbocycles. The zero-order chi connectivity index (χ0) is 11.7. The van der Waals surface area contributed by atoms with Crippen LogP contribution >= 0.6 is 15.9 Å². The Morgan fingerprint density at radius 1 is 1.25 bits per heavy atom. The molecule has 0 N–H and O–H groups in total. The lowest BCUT2D eigenvalue weighted by Gasteiger charge is -2.03. The molecule has 0 unspecified atom stereocenters. The Labute approximate surface area is 98.0 Å². The summed E-state index contributed by atoms with van der Waals surface area (Å²) in [6, 6.07) is 5.04. The van der Waals surface area contributed by atoms with Crippen molar-refractivity contribution < 1.29 is 18.0 Å². The summed E-state index contributed by atoms with van der Waals surface area (Å²) in [7, 11) is 0. The molecule has 0 aliphatic carbocycles. The summed E-state index contributed by atoms with van der Waals surface area (Å²) in [5.74, 6) is -2.76. The molecule has 0 atom stereocenters. The first-order valence-electron chi connectivity index (χ1n) is 4.33. The summed E-state index contributed by atoms with van der Waals surface area (Å²) in [4.78, 5) is 11.7. The highest BCUT2D eigenvalue weighted by Gasteiger charge is 2.22. The van der Waals surface area contributed by atoms with Gasteiger partial charge in [-0.05, 0) is 40.2 Å². The average Bonchev–Trinajstić information content (AvgIpc) is 2.77. The van der Waals surface area contributed by atoms with E-state index in [0.29, 0.717) is 0 Å². The fourth-order valence-electron chi connectivity index (χ4n) is 1.27. The Morgan fingerprint density at radius 2 is 2.00 bits per heavy atom. The smallest absolute Gasteiger partial charge is 0.234 e. The van der Waals surface area contributed by atoms with Crippen LogP contribution in [0, 0.1) is 11.6 Å². The van der Waals surface area contributed by atoms with Crippen molar-refractivity contribution >= 4 is 21.7 Å². The average molecular weight is 287 g/mol. The molecule has 0 saturated carbocycles. The zero-order valence-electron chi connectivity index (χ0n) is 7.84. The monoisotopic (exact) mass is 286 g/mol. The number of ketones is 1. The molecule has 0 saturated heterocycles. The van der Waals surface area contributed by atoms with E-state index in [2.05, 4.69) is 15.9 Å². The first kappa shape index (κ1) is 11.0. The SMILES string of the molecule is O=C(c1ccco1)c1c(F)ccc(Br)c1F. The van der Waals surface area contributed by atoms with E-state index in [4.69, 9.17) is 4.42 Å². The van der Waals surface area contributed by atoms with Gasteiger partial charge in [-0.25, -0.2) is 8.78 Å². The molecule has 82 valence electrons. The standard InChI is InChI=1S/C11H5BrF2O2/c12-6-3-4-7(13)9(10(6)14)11(15)8-2-1-5-16-8/h1-5H. The molecular weight excluding hydrogens is 282 g/mol. The van der Waals surface area contributed by atoms with Crippen molar-refractivity contribution in [3.8, 4) is 0 Å². The Bertz CT molecular complexity index is 535. The summed E-state index contributed by atoms with van der Waals surface area (Å²) in [6.45, 7) is 0. The number of hydrogen-bond donors (Lipinski definition) is 0. The summed E-state index contributed by atoms with van der Waals surface area (Å²) in [6.07, 6.45) is 1.26. The lowest BCUT2D eigenvalue weighted by molar-refractivity contribution is 0.100. The Morgan fingerprint density at radius 3 is 2.62 bits per heavy atom. The molecule has 0 aliphatic heterocycles. The minimum absolute atomic E-state index is 0.0313. The van der Waals surface area contributed by atoms with Gasteiger partial charge in [0.25, 0.3) is 0 Å². The van der Waals surface area contributed by atoms with E-state index in [1.807, 2.05) is 0 Å². The number of furan rings is 1. The second-order valence-electron chi connectivity index (χ2n) is 3.02. The van der Waals surface area contributed by atoms with E-state index < -0.39 is 23.0 Å². The molecular formula is C11H5BrF2O2. The molecule has 0 bridgehead atoms. The van der Waals surface area contributed by atoms with Crippen LogP contribution in [0.2, 0.25) is 0 Å². The fourth-order valence-corrected chi connectivity index (χ4v) is 1.60. The number of carbonyl (C=O) groups excluding carboxylic acids is 1. The highest BCUT2D eigenvalue weighted by molar-refractivity contribution is 9.10. The minimum atomic E-state index is -0.929. The van der Waals surface area contributed by atoms with Crippen LogP contribution in [0.3, 0.4) is 0 Å². The Balaban J connectivity index is 2.56. The van der Waals surface area contributed by atoms with Gasteiger partial charge in [0.15, 0.2) is 11.6 Å². The maximum Gasteiger partial charge on any atom is 0.234 e. The maximum absolute atomic E-state index is 13.6. The number of hydrogen-bond acceptors (Lipinski definition) is 2. The van der Waals surface area contributed by atoms with E-state index >= 15 is 0 Å². The van der Waals surface area contributed by atoms with Gasteiger partial charge >= 0.3 is 0 Å². The van der Waals surface area contributed by atoms with Crippen molar-refractivity contribution in [2.24, 2.45) is 0 Å². The second-order valence-corrected chi connectivity index (χ2v) is 3.88. The fraction of sp³-hybridized carbons (Fsp3) is 0. The normalized spacial score (nSPS) is 10.4. The van der Waals surface area contributed by atoms with Crippen LogP contribution in [0.25, 0.3) is 0 Å². The zero-order valence-corrected chi connectivity index (χ0v) is 9.42. The summed E-state index contributed by atoms with van der Waals surface area (Å²) >= 11 is 2.89. The molecule has 2 rings (SSSR count). The molecule has 1 aromatic heterocycles. The van der Waals surface area contributed by atoms with E-state index in [1.54, 1.807) is 0 Å². The first-order chi connectivity index (χ1) is 7.61. The van der Waals surface area contributed by atoms with Gasteiger partial charge in [0.05, 0.1) is 16.3 Å². The molecule has 0 radical (unpaired) electrons. The Kier molecular flexibility index (Phi) is 2.87. The maximum atomic E-state index is 13.6. The predicted molar refractivity (Wildman–Crippen MR) is 56.2 cm³/mol. The van der Waals surface area contributed by atoms with Crippen molar-refractivity contribution in [2.45, 2.75) is 0 Å². The Hall–Kier alpha value is -1.49. The van der Waals surface area contributed by atoms with Crippen LogP contribution in [-0.2, 0) is 0 Å². The minimum Gasteiger partial charge on any atom is -0.461 e. The molecule has 0 amide bonds. The van der Waals surface area contributed by atoms with E-state index in [-0.39, 0.29) is 10.2 Å². The van der Waals surface area contributed by atoms with Crippen LogP contribution in [0.1, 0.15) is 16.1 Å². The van der Waals surface area contributed by atoms with Crippen LogP contribution in [0.5, 0.6) is 0 Å². The summed E-state index contributed by atoms with van der Waals surface area (Å²) < 4.78 is 31.7. The molecule has 1 heterocycles. The quantitative estimate of drug-likeness (QED) is 0.624. The van der Waals surface area contributed by atoms with Crippen LogP contribution in [0.4, 0.5) is 8.78 Å². The van der Waals surface area contributed by atoms with Crippen molar-refractivity contribution in [3.05, 3.63) is 58.0 Å². The molecule has 0 fully saturated rings. The highest BCUT2D eigenvalue weighted by atomic mass is 79.9. The summed E-state index contributed by atoms with van der Waals surface area (Å²) in [5, 5.41) is 0. The van der Waals surface area contributed by atoms with Crippen LogP contribution < -0.4 is 0 Å². The predicted octanol–water partition coefficient (Wildman–Crippen LogP) is 3.55. The van der Waals surface area contributed by atoms with Gasteiger partial charge in [-0.1, -0.05) is 0 Å². The van der Waals surface area contributed by atoms with Gasteiger partial charge < -0.3 is 4.42 Å². The third-order valence-electron chi connectivity index (χ3n) is 2.02. The van der Waals surface area contributed by atoms with Gasteiger partial charge in [0, 0.05) is 0 Å². The summed E-state index contributed by atoms with van der Waals surface area (Å²) in [5.41, 5.74) is -0.621. The topological polar surface area (TPSA) is 30.2 Å². The van der Waals surface area contributed by atoms with E-state index in [1.165, 1.54) is 24.5 Å². The first-order valence-corrected chi connectivity index (χ1v) is 5.12. The van der Waals surface area contributed by atoms with Gasteiger partial charge in [-0.3, -0.25) is 4.79 Å². The molecule has 0 spiro atoms. The third-order valence-corrected chi connectivity index (χ3v) is 2.63. The van der Waals surface area contributed by atoms with Gasteiger partial charge in [0.1, 0.15) is 5.82 Å². The van der Waals surface area contributed by atoms with Gasteiger partial charge in [0.2, 0.25) is 5.78 Å². The van der Waals surface area contributed by atoms with E-state index in [0.717, 1.165) is 6.07 Å². The van der Waals surface area contributed by atoms with Crippen molar-refractivity contribution in [2.75, 3.05) is 0 Å². The lowest BCUT2D eigenvalue weighted by atomic mass is 10.1. The van der Waals surface area contributed by atoms with Crippen molar-refractivity contribution in [1.82, 2.24) is 0 Å². The van der Waals surface area contributed by atoms with Crippen LogP contribution in [0.15, 0.2) is 39.4 Å². The molecule has 16 heavy (non-hydrogen) atoms.